The maximum Gasteiger partial charge on any atom is 0.442 e. The molecule has 2 aromatic heterocycles. The third kappa shape index (κ3) is 7.95. The number of hydrogen-bond acceptors (Lipinski definition) is 6. The van der Waals surface area contributed by atoms with Crippen molar-refractivity contribution in [1.82, 2.24) is 0 Å². The Bertz CT molecular complexity index is 2580. The summed E-state index contributed by atoms with van der Waals surface area (Å²) < 4.78 is 39.4. The van der Waals surface area contributed by atoms with Crippen molar-refractivity contribution in [3.8, 4) is 22.6 Å². The fourth-order valence-corrected chi connectivity index (χ4v) is 8.60. The van der Waals surface area contributed by atoms with E-state index in [2.05, 4.69) is 38.1 Å². The predicted octanol–water partition coefficient (Wildman–Crippen LogP) is 13.7. The quantitative estimate of drug-likeness (QED) is 0.160. The fraction of sp³-hybridized carbons (Fsp3) is 0.143. The first kappa shape index (κ1) is 39.1. The molecule has 0 aliphatic heterocycles. The van der Waals surface area contributed by atoms with Crippen molar-refractivity contribution in [3.63, 3.8) is 0 Å². The first-order chi connectivity index (χ1) is 24.2. The van der Waals surface area contributed by atoms with Crippen LogP contribution in [-0.2, 0) is 0 Å². The molecule has 0 aliphatic carbocycles. The Hall–Kier alpha value is -2.55. The molecule has 52 heavy (non-hydrogen) atoms. The van der Waals surface area contributed by atoms with Crippen LogP contribution in [0.15, 0.2) is 114 Å². The Morgan fingerprint density at radius 2 is 0.808 bits per heavy atom. The van der Waals surface area contributed by atoms with E-state index in [9.17, 15) is 0 Å². The van der Waals surface area contributed by atoms with Gasteiger partial charge in [-0.05, 0) is 50.2 Å². The van der Waals surface area contributed by atoms with Gasteiger partial charge in [0.25, 0.3) is 0 Å². The molecule has 0 unspecified atom stereocenters. The minimum Gasteiger partial charge on any atom is -0.449 e. The van der Waals surface area contributed by atoms with Crippen LogP contribution in [0.4, 0.5) is 0 Å². The molecule has 256 valence electrons. The van der Waals surface area contributed by atoms with E-state index in [0.29, 0.717) is 45.0 Å². The molecule has 6 aromatic carbocycles. The molecule has 0 amide bonds. The molecule has 2 heterocycles. The molecule has 0 saturated carbocycles. The number of fused-ring (bicyclic) bond motifs is 6. The predicted molar refractivity (Wildman–Crippen MR) is 203 cm³/mol. The molecule has 2 radical (unpaired) electrons. The average Bonchev–Trinajstić information content (AvgIpc) is 3.34. The Labute approximate surface area is 371 Å². The molecule has 0 spiro atoms. The molecule has 8 rings (SSSR count). The summed E-state index contributed by atoms with van der Waals surface area (Å²) in [5, 5.41) is 3.83. The van der Waals surface area contributed by atoms with Crippen molar-refractivity contribution in [2.45, 2.75) is 41.5 Å². The third-order valence-corrected chi connectivity index (χ3v) is 10.6. The van der Waals surface area contributed by atoms with E-state index < -0.39 is 16.5 Å². The summed E-state index contributed by atoms with van der Waals surface area (Å²) in [6.45, 7) is 12.2. The van der Waals surface area contributed by atoms with Gasteiger partial charge in [-0.2, -0.15) is 23.3 Å². The summed E-state index contributed by atoms with van der Waals surface area (Å²) >= 11 is 0. The molecule has 10 heteroatoms. The molecule has 0 saturated heterocycles. The number of aryl methyl sites for hydroxylation is 6. The van der Waals surface area contributed by atoms with E-state index in [1.165, 1.54) is 0 Å². The summed E-state index contributed by atoms with van der Waals surface area (Å²) in [5.74, 6) is 1.14. The first-order valence-electron chi connectivity index (χ1n) is 16.4. The largest absolute Gasteiger partial charge is 0.449 e. The zero-order chi connectivity index (χ0) is 34.5. The van der Waals surface area contributed by atoms with Crippen molar-refractivity contribution in [3.05, 3.63) is 143 Å². The Morgan fingerprint density at radius 3 is 1.21 bits per heavy atom. The van der Waals surface area contributed by atoms with Crippen LogP contribution in [0.25, 0.3) is 55.0 Å². The van der Waals surface area contributed by atoms with Gasteiger partial charge in [0.2, 0.25) is 0 Å². The number of benzene rings is 6. The van der Waals surface area contributed by atoms with Gasteiger partial charge in [0.05, 0.1) is 0 Å². The summed E-state index contributed by atoms with van der Waals surface area (Å²) in [5.41, 5.74) is 10.1. The maximum absolute atomic E-state index is 6.77. The Morgan fingerprint density at radius 1 is 0.442 bits per heavy atom. The topological polar surface area (TPSA) is 71.0 Å². The molecule has 0 aliphatic rings. The van der Waals surface area contributed by atoms with Gasteiger partial charge in [-0.25, -0.2) is 0 Å². The Kier molecular flexibility index (Phi) is 12.4. The maximum atomic E-state index is 6.77. The Balaban J connectivity index is 0.00000232. The summed E-state index contributed by atoms with van der Waals surface area (Å²) in [4.78, 5) is 0. The summed E-state index contributed by atoms with van der Waals surface area (Å²) in [6, 6.07) is 39.3. The van der Waals surface area contributed by atoms with E-state index in [-0.39, 0.29) is 82.6 Å². The molecule has 0 N–H and O–H groups in total. The van der Waals surface area contributed by atoms with Gasteiger partial charge in [0, 0.05) is 116 Å². The number of rotatable bonds is 5. The molecule has 0 fully saturated rings. The smallest absolute Gasteiger partial charge is 0.442 e. The van der Waals surface area contributed by atoms with Crippen molar-refractivity contribution < 1.29 is 108 Å². The minimum absolute atomic E-state index is 0. The summed E-state index contributed by atoms with van der Waals surface area (Å²) in [7, 11) is -3.83. The van der Waals surface area contributed by atoms with Gasteiger partial charge >= 0.3 is 16.5 Å². The first-order valence-corrected chi connectivity index (χ1v) is 18.5. The van der Waals surface area contributed by atoms with Crippen LogP contribution in [0.5, 0.6) is 11.5 Å². The second-order valence-corrected chi connectivity index (χ2v) is 14.7. The van der Waals surface area contributed by atoms with Crippen molar-refractivity contribution in [2.75, 3.05) is 0 Å². The van der Waals surface area contributed by atoms with E-state index >= 15 is 0 Å². The van der Waals surface area contributed by atoms with Gasteiger partial charge in [0.15, 0.2) is 0 Å². The normalized spacial score (nSPS) is 11.0. The van der Waals surface area contributed by atoms with Crippen molar-refractivity contribution >= 4 is 60.4 Å². The van der Waals surface area contributed by atoms with Crippen LogP contribution in [0.1, 0.15) is 33.4 Å². The van der Waals surface area contributed by atoms with E-state index in [1.807, 2.05) is 113 Å². The zero-order valence-electron chi connectivity index (χ0n) is 29.7. The number of para-hydroxylation sites is 2. The van der Waals surface area contributed by atoms with Crippen LogP contribution in [0.3, 0.4) is 0 Å². The van der Waals surface area contributed by atoms with Crippen LogP contribution in [0, 0.1) is 136 Å². The van der Waals surface area contributed by atoms with Gasteiger partial charge in [-0.1, -0.05) is 87.4 Å². The molecule has 6 nitrogen and oxygen atoms in total. The standard InChI is InChI=1S/C42H34O6P2.2Pr/c1-25-15-17-39-33(21-25)34-22-26(2)16-18-40(34)46-50(45-39)48-42-30(6)20-28(4)24-36(42)35-23-27(3)19-29(5)41(35)47-49-43-37-13-9-7-11-31(37)32-12-8-10-14-38(32)44-49;;/h7-22H,1-6H3;;/q-2;;. The van der Waals surface area contributed by atoms with Crippen LogP contribution in [-0.4, -0.2) is 0 Å². The second-order valence-electron chi connectivity index (χ2n) is 12.7. The SMILES string of the molecule is Cc1[c-]c(-c2[c-]c(C)cc(C)c2Op2oc3ccc(C)cc3c3cc(C)ccc3o2)c(Op2oc3ccccc3c3ccccc3o2)c(C)c1.[Pr].[Pr]. The van der Waals surface area contributed by atoms with Gasteiger partial charge in [0.1, 0.15) is 22.3 Å². The molecule has 0 bridgehead atoms. The van der Waals surface area contributed by atoms with E-state index in [4.69, 9.17) is 25.8 Å². The van der Waals surface area contributed by atoms with Gasteiger partial charge < -0.3 is 25.8 Å². The van der Waals surface area contributed by atoms with Gasteiger partial charge in [-0.15, -0.1) is 34.4 Å². The molecular weight excluding hydrogens is 944 g/mol. The fourth-order valence-electron chi connectivity index (χ4n) is 6.33. The monoisotopic (exact) mass is 978 g/mol. The summed E-state index contributed by atoms with van der Waals surface area (Å²) in [6.07, 6.45) is 0. The molecule has 0 atom stereocenters. The van der Waals surface area contributed by atoms with Crippen LogP contribution < -0.4 is 9.05 Å². The number of hydrogen-bond donors (Lipinski definition) is 0. The van der Waals surface area contributed by atoms with Crippen molar-refractivity contribution in [2.24, 2.45) is 0 Å². The van der Waals surface area contributed by atoms with Crippen LogP contribution >= 0.6 is 16.5 Å². The van der Waals surface area contributed by atoms with E-state index in [0.717, 1.165) is 54.9 Å². The third-order valence-electron chi connectivity index (χ3n) is 8.58. The molecular formula is C42H34O6P2Pr2-2. The minimum atomic E-state index is -1.92. The van der Waals surface area contributed by atoms with Gasteiger partial charge in [-0.3, -0.25) is 0 Å². The zero-order valence-corrected chi connectivity index (χ0v) is 38.9. The average molecular weight is 978 g/mol. The second kappa shape index (κ2) is 16.4. The van der Waals surface area contributed by atoms with Crippen molar-refractivity contribution in [1.29, 1.82) is 0 Å². The van der Waals surface area contributed by atoms with Crippen LogP contribution in [0.2, 0.25) is 0 Å². The molecule has 8 aromatic rings. The van der Waals surface area contributed by atoms with E-state index in [1.54, 1.807) is 0 Å².